The molecule has 1 unspecified atom stereocenters. The zero-order chi connectivity index (χ0) is 30.0. The maximum absolute atomic E-state index is 14.0. The number of nitrogens with zero attached hydrogens (tertiary/aromatic N) is 4. The number of aryl methyl sites for hydroxylation is 1. The van der Waals surface area contributed by atoms with E-state index in [1.807, 2.05) is 96.5 Å². The van der Waals surface area contributed by atoms with Gasteiger partial charge in [0.05, 0.1) is 22.4 Å². The molecular formula is C34H29N5O4S. The van der Waals surface area contributed by atoms with Crippen LogP contribution >= 0.6 is 11.8 Å². The molecular weight excluding hydrogens is 574 g/mol. The summed E-state index contributed by atoms with van der Waals surface area (Å²) in [6.45, 7) is 2.36. The molecule has 220 valence electrons. The number of anilines is 1. The number of ether oxygens (including phenoxy) is 2. The Bertz CT molecular complexity index is 1840. The zero-order valence-electron chi connectivity index (χ0n) is 24.0. The molecule has 0 fully saturated rings. The van der Waals surface area contributed by atoms with Crippen molar-refractivity contribution in [2.45, 2.75) is 18.7 Å². The molecule has 5 aromatic rings. The Morgan fingerprint density at radius 3 is 2.61 bits per heavy atom. The molecule has 3 aromatic carbocycles. The monoisotopic (exact) mass is 603 g/mol. The molecule has 1 N–H and O–H groups in total. The first-order valence-electron chi connectivity index (χ1n) is 14.3. The summed E-state index contributed by atoms with van der Waals surface area (Å²) in [5.74, 6) is 1.66. The lowest BCUT2D eigenvalue weighted by Gasteiger charge is -2.23. The molecule has 2 amide bonds. The van der Waals surface area contributed by atoms with E-state index in [4.69, 9.17) is 14.6 Å². The van der Waals surface area contributed by atoms with Crippen molar-refractivity contribution in [2.24, 2.45) is 0 Å². The quantitative estimate of drug-likeness (QED) is 0.264. The van der Waals surface area contributed by atoms with Gasteiger partial charge in [0.15, 0.2) is 11.5 Å². The number of fused-ring (bicyclic) bond motifs is 2. The molecule has 2 aromatic heterocycles. The zero-order valence-corrected chi connectivity index (χ0v) is 24.8. The average Bonchev–Trinajstić information content (AvgIpc) is 3.66. The second-order valence-corrected chi connectivity index (χ2v) is 11.7. The highest BCUT2D eigenvalue weighted by Gasteiger charge is 2.38. The Kier molecular flexibility index (Phi) is 7.49. The summed E-state index contributed by atoms with van der Waals surface area (Å²) in [6.07, 6.45) is 3.37. The molecule has 10 heteroatoms. The third-order valence-electron chi connectivity index (χ3n) is 7.62. The maximum atomic E-state index is 14.0. The summed E-state index contributed by atoms with van der Waals surface area (Å²) in [4.78, 5) is 33.0. The van der Waals surface area contributed by atoms with Gasteiger partial charge >= 0.3 is 0 Å². The second kappa shape index (κ2) is 11.9. The summed E-state index contributed by atoms with van der Waals surface area (Å²) in [7, 11) is 0. The van der Waals surface area contributed by atoms with E-state index in [1.165, 1.54) is 11.8 Å². The van der Waals surface area contributed by atoms with Crippen LogP contribution in [0.5, 0.6) is 11.5 Å². The van der Waals surface area contributed by atoms with Gasteiger partial charge in [-0.25, -0.2) is 4.68 Å². The molecule has 9 nitrogen and oxygen atoms in total. The smallest absolute Gasteiger partial charge is 0.240 e. The highest BCUT2D eigenvalue weighted by atomic mass is 32.2. The third-order valence-corrected chi connectivity index (χ3v) is 8.88. The first-order valence-corrected chi connectivity index (χ1v) is 15.3. The molecule has 0 bridgehead atoms. The largest absolute Gasteiger partial charge is 0.454 e. The molecule has 2 aliphatic rings. The van der Waals surface area contributed by atoms with Gasteiger partial charge in [-0.3, -0.25) is 19.5 Å². The van der Waals surface area contributed by atoms with Gasteiger partial charge in [-0.2, -0.15) is 5.10 Å². The summed E-state index contributed by atoms with van der Waals surface area (Å²) in [6, 6.07) is 27.5. The van der Waals surface area contributed by atoms with Gasteiger partial charge in [-0.1, -0.05) is 48.5 Å². The number of hydrogen-bond acceptors (Lipinski definition) is 7. The lowest BCUT2D eigenvalue weighted by molar-refractivity contribution is -0.123. The van der Waals surface area contributed by atoms with Gasteiger partial charge < -0.3 is 14.8 Å². The normalized spacial score (nSPS) is 15.5. The standard InChI is InChI=1S/C34H29N5O4S/c1-22-6-5-9-26(16-22)39-34-31(32(37-39)24-7-3-2-4-8-24)33(25-10-11-27-28(17-25)43-21-42-27)44-20-30(41)38(34)19-29(40)36-18-23-12-14-35-15-13-23/h2-17,33H,18-21H2,1H3,(H,36,40). The number of amides is 2. The lowest BCUT2D eigenvalue weighted by Crippen LogP contribution is -2.42. The van der Waals surface area contributed by atoms with Crippen LogP contribution in [0.2, 0.25) is 0 Å². The van der Waals surface area contributed by atoms with Crippen LogP contribution in [0.15, 0.2) is 97.3 Å². The number of carbonyl (C=O) groups is 2. The highest BCUT2D eigenvalue weighted by Crippen LogP contribution is 2.50. The highest BCUT2D eigenvalue weighted by molar-refractivity contribution is 8.00. The van der Waals surface area contributed by atoms with Crippen LogP contribution in [0, 0.1) is 6.92 Å². The lowest BCUT2D eigenvalue weighted by atomic mass is 9.99. The van der Waals surface area contributed by atoms with Crippen LogP contribution < -0.4 is 19.7 Å². The maximum Gasteiger partial charge on any atom is 0.240 e. The van der Waals surface area contributed by atoms with Gasteiger partial charge in [0, 0.05) is 30.1 Å². The number of pyridine rings is 1. The number of hydrogen-bond donors (Lipinski definition) is 1. The Balaban J connectivity index is 1.39. The number of thioether (sulfide) groups is 1. The van der Waals surface area contributed by atoms with Gasteiger partial charge in [0.1, 0.15) is 12.4 Å². The number of nitrogens with one attached hydrogen (secondary N) is 1. The third kappa shape index (κ3) is 5.40. The van der Waals surface area contributed by atoms with Crippen LogP contribution in [-0.2, 0) is 16.1 Å². The van der Waals surface area contributed by atoms with Crippen molar-refractivity contribution in [3.8, 4) is 28.4 Å². The summed E-state index contributed by atoms with van der Waals surface area (Å²) in [5, 5.41) is 7.86. The first-order chi connectivity index (χ1) is 21.5. The fourth-order valence-corrected chi connectivity index (χ4v) is 6.70. The summed E-state index contributed by atoms with van der Waals surface area (Å²) in [5.41, 5.74) is 6.25. The van der Waals surface area contributed by atoms with Crippen LogP contribution in [0.4, 0.5) is 5.82 Å². The number of carbonyl (C=O) groups excluding carboxylic acids is 2. The Labute approximate surface area is 258 Å². The van der Waals surface area contributed by atoms with E-state index >= 15 is 0 Å². The molecule has 7 rings (SSSR count). The van der Waals surface area contributed by atoms with E-state index in [-0.39, 0.29) is 36.2 Å². The Morgan fingerprint density at radius 1 is 0.977 bits per heavy atom. The van der Waals surface area contributed by atoms with Crippen molar-refractivity contribution in [3.63, 3.8) is 0 Å². The molecule has 0 saturated heterocycles. The molecule has 44 heavy (non-hydrogen) atoms. The SMILES string of the molecule is Cc1cccc(-n2nc(-c3ccccc3)c3c2N(CC(=O)NCc2ccncc2)C(=O)CSC3c2ccc3c(c2)OCO3)c1. The van der Waals surface area contributed by atoms with Crippen LogP contribution in [0.25, 0.3) is 16.9 Å². The molecule has 0 aliphatic carbocycles. The van der Waals surface area contributed by atoms with E-state index in [2.05, 4.69) is 10.3 Å². The fourth-order valence-electron chi connectivity index (χ4n) is 5.51. The Hall–Kier alpha value is -5.09. The van der Waals surface area contributed by atoms with Crippen molar-refractivity contribution in [1.82, 2.24) is 20.1 Å². The predicted molar refractivity (Wildman–Crippen MR) is 169 cm³/mol. The average molecular weight is 604 g/mol. The Morgan fingerprint density at radius 2 is 1.80 bits per heavy atom. The van der Waals surface area contributed by atoms with Crippen molar-refractivity contribution in [3.05, 3.63) is 120 Å². The van der Waals surface area contributed by atoms with E-state index < -0.39 is 0 Å². The number of aromatic nitrogens is 3. The summed E-state index contributed by atoms with van der Waals surface area (Å²) < 4.78 is 13.1. The van der Waals surface area contributed by atoms with Crippen LogP contribution in [0.3, 0.4) is 0 Å². The van der Waals surface area contributed by atoms with Gasteiger partial charge in [-0.15, -0.1) is 11.8 Å². The van der Waals surface area contributed by atoms with Crippen molar-refractivity contribution in [2.75, 3.05) is 24.0 Å². The number of rotatable bonds is 7. The topological polar surface area (TPSA) is 98.6 Å². The molecule has 0 radical (unpaired) electrons. The van der Waals surface area contributed by atoms with Crippen LogP contribution in [-0.4, -0.2) is 45.7 Å². The molecule has 0 saturated carbocycles. The van der Waals surface area contributed by atoms with E-state index in [0.29, 0.717) is 23.9 Å². The summed E-state index contributed by atoms with van der Waals surface area (Å²) >= 11 is 1.52. The molecule has 4 heterocycles. The molecule has 2 aliphatic heterocycles. The van der Waals surface area contributed by atoms with Crippen molar-refractivity contribution in [1.29, 1.82) is 0 Å². The van der Waals surface area contributed by atoms with Gasteiger partial charge in [0.2, 0.25) is 18.6 Å². The van der Waals surface area contributed by atoms with Crippen molar-refractivity contribution < 1.29 is 19.1 Å². The molecule has 0 spiro atoms. The van der Waals surface area contributed by atoms with Gasteiger partial charge in [0.25, 0.3) is 0 Å². The van der Waals surface area contributed by atoms with E-state index in [0.717, 1.165) is 39.2 Å². The second-order valence-electron chi connectivity index (χ2n) is 10.6. The first kappa shape index (κ1) is 27.7. The van der Waals surface area contributed by atoms with E-state index in [9.17, 15) is 9.59 Å². The minimum atomic E-state index is -0.276. The van der Waals surface area contributed by atoms with Crippen LogP contribution in [0.1, 0.15) is 27.5 Å². The molecule has 1 atom stereocenters. The van der Waals surface area contributed by atoms with Crippen molar-refractivity contribution >= 4 is 29.4 Å². The predicted octanol–water partition coefficient (Wildman–Crippen LogP) is 5.46. The van der Waals surface area contributed by atoms with E-state index in [1.54, 1.807) is 17.3 Å². The van der Waals surface area contributed by atoms with Gasteiger partial charge in [-0.05, 0) is 60.0 Å². The number of benzene rings is 3. The minimum absolute atomic E-state index is 0.156. The minimum Gasteiger partial charge on any atom is -0.454 e. The fraction of sp³-hybridized carbons (Fsp3) is 0.176.